The number of hydrogen-bond acceptors (Lipinski definition) is 7. The Hall–Kier alpha value is -3.89. The van der Waals surface area contributed by atoms with Gasteiger partial charge in [-0.3, -0.25) is 14.0 Å². The second-order valence-electron chi connectivity index (χ2n) is 9.29. The number of benzene rings is 1. The number of fused-ring (bicyclic) bond motifs is 2. The number of thiophene rings is 1. The van der Waals surface area contributed by atoms with Crippen molar-refractivity contribution in [2.24, 2.45) is 5.92 Å². The third kappa shape index (κ3) is 5.16. The summed E-state index contributed by atoms with van der Waals surface area (Å²) in [6, 6.07) is 10.4. The van der Waals surface area contributed by atoms with E-state index in [-0.39, 0.29) is 37.8 Å². The lowest BCUT2D eigenvalue weighted by molar-refractivity contribution is 0.0901. The molecule has 192 valence electrons. The number of aliphatic hydroxyl groups excluding tert-OH is 1. The lowest BCUT2D eigenvalue weighted by Crippen LogP contribution is -2.39. The fourth-order valence-electron chi connectivity index (χ4n) is 4.39. The van der Waals surface area contributed by atoms with Crippen LogP contribution in [0.25, 0.3) is 16.9 Å². The second-order valence-corrected chi connectivity index (χ2v) is 10.1. The molecule has 0 radical (unpaired) electrons. The fourth-order valence-corrected chi connectivity index (χ4v) is 5.03. The van der Waals surface area contributed by atoms with Gasteiger partial charge < -0.3 is 25.2 Å². The monoisotopic (exact) mass is 520 g/mol. The number of pyridine rings is 1. The molecule has 0 fully saturated rings. The number of imidazole rings is 1. The molecule has 37 heavy (non-hydrogen) atoms. The van der Waals surface area contributed by atoms with Crippen molar-refractivity contribution in [2.45, 2.75) is 32.9 Å². The van der Waals surface area contributed by atoms with Crippen molar-refractivity contribution in [3.05, 3.63) is 70.2 Å². The Kier molecular flexibility index (Phi) is 7.11. The van der Waals surface area contributed by atoms with Gasteiger partial charge in [0.05, 0.1) is 18.2 Å². The van der Waals surface area contributed by atoms with E-state index in [1.54, 1.807) is 22.7 Å². The molecule has 0 aliphatic carbocycles. The maximum Gasteiger partial charge on any atom is 0.270 e. The molecule has 9 nitrogen and oxygen atoms in total. The van der Waals surface area contributed by atoms with Gasteiger partial charge in [0.2, 0.25) is 6.79 Å². The van der Waals surface area contributed by atoms with E-state index in [1.807, 2.05) is 48.9 Å². The Bertz CT molecular complexity index is 1430. The minimum absolute atomic E-state index is 0.165. The van der Waals surface area contributed by atoms with Gasteiger partial charge in [-0.2, -0.15) is 11.3 Å². The molecule has 1 aliphatic heterocycles. The van der Waals surface area contributed by atoms with Crippen LogP contribution in [0.5, 0.6) is 11.5 Å². The fraction of sp³-hybridized carbons (Fsp3) is 0.296. The molecule has 0 unspecified atom stereocenters. The van der Waals surface area contributed by atoms with Gasteiger partial charge in [-0.05, 0) is 53.6 Å². The molecule has 4 aromatic rings. The van der Waals surface area contributed by atoms with Crippen LogP contribution < -0.4 is 20.1 Å². The van der Waals surface area contributed by atoms with E-state index in [2.05, 4.69) is 10.6 Å². The maximum absolute atomic E-state index is 13.5. The van der Waals surface area contributed by atoms with E-state index in [4.69, 9.17) is 14.5 Å². The van der Waals surface area contributed by atoms with Crippen molar-refractivity contribution in [1.29, 1.82) is 0 Å². The average Bonchev–Trinajstić information content (AvgIpc) is 3.65. The summed E-state index contributed by atoms with van der Waals surface area (Å²) < 4.78 is 12.4. The van der Waals surface area contributed by atoms with Gasteiger partial charge in [0, 0.05) is 23.7 Å². The van der Waals surface area contributed by atoms with Gasteiger partial charge in [0.1, 0.15) is 11.4 Å². The Balaban J connectivity index is 1.46. The summed E-state index contributed by atoms with van der Waals surface area (Å²) in [4.78, 5) is 31.4. The average molecular weight is 521 g/mol. The number of aliphatic hydroxyl groups is 1. The van der Waals surface area contributed by atoms with Gasteiger partial charge in [-0.1, -0.05) is 19.9 Å². The quantitative estimate of drug-likeness (QED) is 0.309. The van der Waals surface area contributed by atoms with Gasteiger partial charge >= 0.3 is 0 Å². The van der Waals surface area contributed by atoms with Crippen LogP contribution in [0.3, 0.4) is 0 Å². The zero-order valence-electron chi connectivity index (χ0n) is 20.6. The minimum atomic E-state index is -0.387. The molecule has 3 aromatic heterocycles. The highest BCUT2D eigenvalue weighted by Gasteiger charge is 2.26. The third-order valence-electron chi connectivity index (χ3n) is 6.11. The van der Waals surface area contributed by atoms with Crippen LogP contribution in [0.4, 0.5) is 0 Å². The molecule has 3 N–H and O–H groups in total. The number of rotatable bonds is 9. The molecule has 2 amide bonds. The summed E-state index contributed by atoms with van der Waals surface area (Å²) in [5.41, 5.74) is 3.18. The molecular weight excluding hydrogens is 492 g/mol. The molecule has 1 aromatic carbocycles. The first kappa shape index (κ1) is 24.8. The standard InChI is InChI=1S/C27H28N4O5S/c1-16(2)10-19(13-32)29-27(34)24-23(18-7-9-37-14-18)30-25-20(4-3-8-31(24)25)26(33)28-12-17-5-6-21-22(11-17)36-15-35-21/h3-9,11,14,16,19,32H,10,12-13,15H2,1-2H3,(H,28,33)(H,29,34)/t19-/m0/s1. The van der Waals surface area contributed by atoms with Crippen LogP contribution in [-0.4, -0.2) is 45.7 Å². The minimum Gasteiger partial charge on any atom is -0.454 e. The van der Waals surface area contributed by atoms with Crippen LogP contribution in [0.2, 0.25) is 0 Å². The summed E-state index contributed by atoms with van der Waals surface area (Å²) in [7, 11) is 0. The summed E-state index contributed by atoms with van der Waals surface area (Å²) in [6.07, 6.45) is 2.36. The van der Waals surface area contributed by atoms with Crippen molar-refractivity contribution in [1.82, 2.24) is 20.0 Å². The first-order valence-corrected chi connectivity index (χ1v) is 13.0. The largest absolute Gasteiger partial charge is 0.454 e. The summed E-state index contributed by atoms with van der Waals surface area (Å²) in [5.74, 6) is 0.963. The van der Waals surface area contributed by atoms with Crippen molar-refractivity contribution in [3.63, 3.8) is 0 Å². The van der Waals surface area contributed by atoms with E-state index in [1.165, 1.54) is 11.3 Å². The van der Waals surface area contributed by atoms with Crippen LogP contribution in [0, 0.1) is 5.92 Å². The number of carbonyl (C=O) groups excluding carboxylic acids is 2. The molecule has 5 rings (SSSR count). The lowest BCUT2D eigenvalue weighted by Gasteiger charge is -2.18. The first-order chi connectivity index (χ1) is 17.9. The Morgan fingerprint density at radius 2 is 2.00 bits per heavy atom. The smallest absolute Gasteiger partial charge is 0.270 e. The predicted octanol–water partition coefficient (Wildman–Crippen LogP) is 3.86. The molecule has 0 bridgehead atoms. The number of carbonyl (C=O) groups is 2. The molecule has 0 saturated carbocycles. The predicted molar refractivity (Wildman–Crippen MR) is 140 cm³/mol. The molecule has 1 aliphatic rings. The Labute approximate surface area is 218 Å². The van der Waals surface area contributed by atoms with Gasteiger partial charge in [0.15, 0.2) is 17.1 Å². The molecule has 0 spiro atoms. The summed E-state index contributed by atoms with van der Waals surface area (Å²) in [6.45, 7) is 4.38. The van der Waals surface area contributed by atoms with Crippen molar-refractivity contribution in [2.75, 3.05) is 13.4 Å². The third-order valence-corrected chi connectivity index (χ3v) is 6.79. The number of ether oxygens (including phenoxy) is 2. The highest BCUT2D eigenvalue weighted by atomic mass is 32.1. The zero-order chi connectivity index (χ0) is 25.9. The normalized spacial score (nSPS) is 13.2. The van der Waals surface area contributed by atoms with Gasteiger partial charge in [-0.25, -0.2) is 4.98 Å². The van der Waals surface area contributed by atoms with E-state index in [0.29, 0.717) is 46.4 Å². The Morgan fingerprint density at radius 3 is 2.76 bits per heavy atom. The van der Waals surface area contributed by atoms with Crippen LogP contribution in [0.15, 0.2) is 53.4 Å². The number of aromatic nitrogens is 2. The van der Waals surface area contributed by atoms with E-state index < -0.39 is 0 Å². The van der Waals surface area contributed by atoms with Gasteiger partial charge in [0.25, 0.3) is 11.8 Å². The summed E-state index contributed by atoms with van der Waals surface area (Å²) >= 11 is 1.50. The molecule has 4 heterocycles. The van der Waals surface area contributed by atoms with Crippen LogP contribution in [0.1, 0.15) is 46.7 Å². The highest BCUT2D eigenvalue weighted by molar-refractivity contribution is 7.08. The van der Waals surface area contributed by atoms with E-state index >= 15 is 0 Å². The maximum atomic E-state index is 13.5. The zero-order valence-corrected chi connectivity index (χ0v) is 21.4. The topological polar surface area (TPSA) is 114 Å². The number of hydrogen-bond donors (Lipinski definition) is 3. The molecule has 10 heteroatoms. The molecule has 1 atom stereocenters. The lowest BCUT2D eigenvalue weighted by atomic mass is 10.0. The number of nitrogens with one attached hydrogen (secondary N) is 2. The van der Waals surface area contributed by atoms with E-state index in [9.17, 15) is 14.7 Å². The SMILES string of the molecule is CC(C)C[C@@H](CO)NC(=O)c1c(-c2ccsc2)nc2c(C(=O)NCc3ccc4c(c3)OCO4)cccn12. The number of nitrogens with zero attached hydrogens (tertiary/aromatic N) is 2. The van der Waals surface area contributed by atoms with Crippen LogP contribution >= 0.6 is 11.3 Å². The van der Waals surface area contributed by atoms with E-state index in [0.717, 1.165) is 11.1 Å². The van der Waals surface area contributed by atoms with Crippen molar-refractivity contribution >= 4 is 28.8 Å². The number of amides is 2. The van der Waals surface area contributed by atoms with Crippen molar-refractivity contribution in [3.8, 4) is 22.8 Å². The Morgan fingerprint density at radius 1 is 1.16 bits per heavy atom. The van der Waals surface area contributed by atoms with Crippen LogP contribution in [-0.2, 0) is 6.54 Å². The van der Waals surface area contributed by atoms with Crippen molar-refractivity contribution < 1.29 is 24.2 Å². The van der Waals surface area contributed by atoms with Gasteiger partial charge in [-0.15, -0.1) is 0 Å². The highest BCUT2D eigenvalue weighted by Crippen LogP contribution is 2.32. The summed E-state index contributed by atoms with van der Waals surface area (Å²) in [5, 5.41) is 19.5. The molecular formula is C27H28N4O5S. The molecule has 0 saturated heterocycles. The first-order valence-electron chi connectivity index (χ1n) is 12.1. The second kappa shape index (κ2) is 10.6.